The summed E-state index contributed by atoms with van der Waals surface area (Å²) in [5, 5.41) is 21.0. The van der Waals surface area contributed by atoms with Gasteiger partial charge in [0.05, 0.1) is 12.7 Å². The highest BCUT2D eigenvalue weighted by atomic mass is 79.9. The van der Waals surface area contributed by atoms with Gasteiger partial charge in [-0.2, -0.15) is 0 Å². The zero-order valence-electron chi connectivity index (χ0n) is 12.2. The lowest BCUT2D eigenvalue weighted by molar-refractivity contribution is -0.134. The second-order valence-corrected chi connectivity index (χ2v) is 8.03. The number of amides is 2. The quantitative estimate of drug-likeness (QED) is 0.342. The van der Waals surface area contributed by atoms with Crippen molar-refractivity contribution in [2.45, 2.75) is 31.0 Å². The lowest BCUT2D eigenvalue weighted by atomic mass is 10.2. The Balaban J connectivity index is 1.96. The van der Waals surface area contributed by atoms with Gasteiger partial charge in [0.25, 0.3) is 0 Å². The lowest BCUT2D eigenvalue weighted by Gasteiger charge is -2.31. The molecule has 11 nitrogen and oxygen atoms in total. The van der Waals surface area contributed by atoms with Crippen molar-refractivity contribution in [1.29, 1.82) is 0 Å². The van der Waals surface area contributed by atoms with E-state index in [1.165, 1.54) is 11.1 Å². The van der Waals surface area contributed by atoms with Gasteiger partial charge in [0.15, 0.2) is 0 Å². The molecule has 1 fully saturated rings. The highest BCUT2D eigenvalue weighted by Gasteiger charge is 2.41. The van der Waals surface area contributed by atoms with Crippen LogP contribution in [0, 0.1) is 0 Å². The lowest BCUT2D eigenvalue weighted by Crippen LogP contribution is -2.54. The van der Waals surface area contributed by atoms with Crippen LogP contribution in [0.2, 0.25) is 0 Å². The zero-order valence-corrected chi connectivity index (χ0v) is 14.7. The molecule has 0 bridgehead atoms. The van der Waals surface area contributed by atoms with E-state index >= 15 is 0 Å². The molecule has 13 heteroatoms. The number of rotatable bonds is 6. The summed E-state index contributed by atoms with van der Waals surface area (Å²) in [6, 6.07) is -0.525. The van der Waals surface area contributed by atoms with E-state index in [-0.39, 0.29) is 6.42 Å². The number of carbonyl (C=O) groups is 2. The molecule has 2 aliphatic heterocycles. The topological polar surface area (TPSA) is 172 Å². The van der Waals surface area contributed by atoms with Crippen LogP contribution in [-0.4, -0.2) is 69.4 Å². The Bertz CT molecular complexity index is 602. The predicted molar refractivity (Wildman–Crippen MR) is 82.9 cm³/mol. The second-order valence-electron chi connectivity index (χ2n) is 5.27. The van der Waals surface area contributed by atoms with Gasteiger partial charge < -0.3 is 35.4 Å². The van der Waals surface area contributed by atoms with Gasteiger partial charge in [0, 0.05) is 17.1 Å². The SMILES string of the molecule is NC1NC(=O)N([C@H]2C[C@H](O)[C@@H](COP(=O)(O)CC(=O)O)O2)C=C1Br. The number of aliphatic hydroxyl groups is 1. The summed E-state index contributed by atoms with van der Waals surface area (Å²) in [5.74, 6) is -1.48. The number of ether oxygens (including phenoxy) is 1. The van der Waals surface area contributed by atoms with Crippen molar-refractivity contribution in [3.05, 3.63) is 10.7 Å². The van der Waals surface area contributed by atoms with E-state index in [1.54, 1.807) is 0 Å². The average Bonchev–Trinajstić information content (AvgIpc) is 2.80. The molecule has 24 heavy (non-hydrogen) atoms. The molecule has 2 unspecified atom stereocenters. The molecule has 0 radical (unpaired) electrons. The fourth-order valence-electron chi connectivity index (χ4n) is 2.20. The van der Waals surface area contributed by atoms with Gasteiger partial charge in [0.1, 0.15) is 24.7 Å². The highest BCUT2D eigenvalue weighted by Crippen LogP contribution is 2.42. The van der Waals surface area contributed by atoms with Crippen molar-refractivity contribution in [3.63, 3.8) is 0 Å². The molecule has 0 aromatic carbocycles. The average molecular weight is 430 g/mol. The van der Waals surface area contributed by atoms with E-state index in [4.69, 9.17) is 15.6 Å². The van der Waals surface area contributed by atoms with Crippen LogP contribution in [0.3, 0.4) is 0 Å². The second kappa shape index (κ2) is 7.48. The first kappa shape index (κ1) is 19.3. The molecular weight excluding hydrogens is 413 g/mol. The maximum Gasteiger partial charge on any atom is 0.339 e. The van der Waals surface area contributed by atoms with Gasteiger partial charge in [-0.05, 0) is 0 Å². The number of carboxylic acid groups (broad SMARTS) is 1. The maximum atomic E-state index is 11.9. The molecule has 2 heterocycles. The van der Waals surface area contributed by atoms with E-state index in [0.717, 1.165) is 0 Å². The number of aliphatic hydroxyl groups excluding tert-OH is 1. The van der Waals surface area contributed by atoms with Gasteiger partial charge >= 0.3 is 19.6 Å². The van der Waals surface area contributed by atoms with E-state index in [9.17, 15) is 24.2 Å². The van der Waals surface area contributed by atoms with Crippen molar-refractivity contribution >= 4 is 35.5 Å². The van der Waals surface area contributed by atoms with E-state index in [2.05, 4.69) is 25.8 Å². The summed E-state index contributed by atoms with van der Waals surface area (Å²) in [4.78, 5) is 32.9. The number of hydrogen-bond acceptors (Lipinski definition) is 7. The van der Waals surface area contributed by atoms with Crippen LogP contribution in [-0.2, 0) is 18.6 Å². The summed E-state index contributed by atoms with van der Waals surface area (Å²) < 4.78 is 22.2. The van der Waals surface area contributed by atoms with Crippen molar-refractivity contribution in [1.82, 2.24) is 10.2 Å². The summed E-state index contributed by atoms with van der Waals surface area (Å²) in [7, 11) is -4.33. The molecule has 2 amide bonds. The third kappa shape index (κ3) is 4.76. The summed E-state index contributed by atoms with van der Waals surface area (Å²) in [6.45, 7) is -0.488. The molecular formula is C11H17BrN3O8P. The van der Waals surface area contributed by atoms with Crippen LogP contribution in [0.4, 0.5) is 4.79 Å². The minimum absolute atomic E-state index is 0.0438. The molecule has 2 rings (SSSR count). The third-order valence-electron chi connectivity index (χ3n) is 3.36. The minimum atomic E-state index is -4.33. The summed E-state index contributed by atoms with van der Waals surface area (Å²) in [5.41, 5.74) is 5.63. The maximum absolute atomic E-state index is 11.9. The summed E-state index contributed by atoms with van der Waals surface area (Å²) in [6.07, 6.45) is -3.15. The fraction of sp³-hybridized carbons (Fsp3) is 0.636. The van der Waals surface area contributed by atoms with Crippen molar-refractivity contribution in [3.8, 4) is 0 Å². The number of aliphatic carboxylic acids is 1. The van der Waals surface area contributed by atoms with Crippen molar-refractivity contribution < 1.29 is 38.5 Å². The Morgan fingerprint density at radius 1 is 1.62 bits per heavy atom. The third-order valence-corrected chi connectivity index (χ3v) is 5.28. The van der Waals surface area contributed by atoms with Crippen LogP contribution in [0.25, 0.3) is 0 Å². The van der Waals surface area contributed by atoms with Crippen LogP contribution in [0.1, 0.15) is 6.42 Å². The fourth-order valence-corrected chi connectivity index (χ4v) is 3.35. The molecule has 5 atom stereocenters. The number of nitrogens with one attached hydrogen (secondary N) is 1. The molecule has 0 aliphatic carbocycles. The first-order valence-corrected chi connectivity index (χ1v) is 9.38. The summed E-state index contributed by atoms with van der Waals surface area (Å²) >= 11 is 3.19. The molecule has 0 aromatic heterocycles. The van der Waals surface area contributed by atoms with Gasteiger partial charge in [-0.15, -0.1) is 0 Å². The molecule has 6 N–H and O–H groups in total. The van der Waals surface area contributed by atoms with Crippen LogP contribution in [0.5, 0.6) is 0 Å². The van der Waals surface area contributed by atoms with E-state index < -0.39 is 57.0 Å². The molecule has 0 aromatic rings. The highest BCUT2D eigenvalue weighted by molar-refractivity contribution is 9.11. The van der Waals surface area contributed by atoms with Gasteiger partial charge in [-0.25, -0.2) is 4.79 Å². The number of carboxylic acids is 1. The molecule has 2 aliphatic rings. The van der Waals surface area contributed by atoms with E-state index in [0.29, 0.717) is 4.48 Å². The van der Waals surface area contributed by atoms with Gasteiger partial charge in [0.2, 0.25) is 0 Å². The Morgan fingerprint density at radius 3 is 2.92 bits per heavy atom. The van der Waals surface area contributed by atoms with Crippen molar-refractivity contribution in [2.75, 3.05) is 12.8 Å². The van der Waals surface area contributed by atoms with E-state index in [1.807, 2.05) is 0 Å². The first-order valence-electron chi connectivity index (χ1n) is 6.82. The van der Waals surface area contributed by atoms with Gasteiger partial charge in [-0.3, -0.25) is 14.3 Å². The van der Waals surface area contributed by atoms with Crippen LogP contribution in [0.15, 0.2) is 10.7 Å². The number of urea groups is 1. The smallest absolute Gasteiger partial charge is 0.339 e. The number of nitrogens with two attached hydrogens (primary N) is 1. The minimum Gasteiger partial charge on any atom is -0.481 e. The monoisotopic (exact) mass is 429 g/mol. The van der Waals surface area contributed by atoms with Crippen LogP contribution < -0.4 is 11.1 Å². The number of halogens is 1. The Hall–Kier alpha value is -1.01. The molecule has 0 spiro atoms. The normalized spacial score (nSPS) is 32.9. The zero-order chi connectivity index (χ0) is 18.1. The Labute approximate surface area is 145 Å². The first-order chi connectivity index (χ1) is 11.1. The Morgan fingerprint density at radius 2 is 2.29 bits per heavy atom. The van der Waals surface area contributed by atoms with Gasteiger partial charge in [-0.1, -0.05) is 15.9 Å². The molecule has 1 saturated heterocycles. The van der Waals surface area contributed by atoms with Crippen LogP contribution >= 0.6 is 23.5 Å². The number of hydrogen-bond donors (Lipinski definition) is 5. The predicted octanol–water partition coefficient (Wildman–Crippen LogP) is -0.705. The Kier molecular flexibility index (Phi) is 6.02. The van der Waals surface area contributed by atoms with Crippen molar-refractivity contribution in [2.24, 2.45) is 5.73 Å². The number of nitrogens with zero attached hydrogens (tertiary/aromatic N) is 1. The molecule has 136 valence electrons. The standard InChI is InChI=1S/C11H17BrN3O8P/c12-5-2-15(11(19)14-10(5)13)8-1-6(16)7(23-8)3-22-24(20,21)4-9(17)18/h2,6-8,10,16H,1,3-4,13H2,(H,14,19)(H,17,18)(H,20,21)/t6-,7+,8+,10?/m0/s1. The molecule has 0 saturated carbocycles. The largest absolute Gasteiger partial charge is 0.481 e. The number of carbonyl (C=O) groups excluding carboxylic acids is 1.